The summed E-state index contributed by atoms with van der Waals surface area (Å²) >= 11 is 0. The molecule has 24 heavy (non-hydrogen) atoms. The maximum absolute atomic E-state index is 4.62. The first kappa shape index (κ1) is 14.8. The van der Waals surface area contributed by atoms with Crippen LogP contribution in [0.1, 0.15) is 22.5 Å². The van der Waals surface area contributed by atoms with Crippen LogP contribution in [0.3, 0.4) is 0 Å². The van der Waals surface area contributed by atoms with Gasteiger partial charge in [0.05, 0.1) is 12.0 Å². The first-order valence-corrected chi connectivity index (χ1v) is 8.36. The lowest BCUT2D eigenvalue weighted by molar-refractivity contribution is 0.634. The van der Waals surface area contributed by atoms with Gasteiger partial charge in [-0.25, -0.2) is 4.99 Å². The number of para-hydroxylation sites is 1. The van der Waals surface area contributed by atoms with Gasteiger partial charge in [-0.3, -0.25) is 0 Å². The monoisotopic (exact) mass is 310 g/mol. The minimum atomic E-state index is 0.337. The van der Waals surface area contributed by atoms with Crippen LogP contribution in [0.2, 0.25) is 0 Å². The molecule has 2 nitrogen and oxygen atoms in total. The molecule has 0 aliphatic carbocycles. The van der Waals surface area contributed by atoms with Crippen molar-refractivity contribution >= 4 is 19.4 Å². The van der Waals surface area contributed by atoms with E-state index in [4.69, 9.17) is 0 Å². The van der Waals surface area contributed by atoms with Crippen molar-refractivity contribution in [2.75, 3.05) is 0 Å². The van der Waals surface area contributed by atoms with E-state index >= 15 is 0 Å². The Hall–Kier alpha value is -2.81. The highest BCUT2D eigenvalue weighted by atomic mass is 15.1. The van der Waals surface area contributed by atoms with Crippen molar-refractivity contribution in [3.63, 3.8) is 0 Å². The van der Waals surface area contributed by atoms with Crippen LogP contribution in [-0.4, -0.2) is 18.6 Å². The fourth-order valence-electron chi connectivity index (χ4n) is 3.29. The van der Waals surface area contributed by atoms with Crippen LogP contribution in [0, 0.1) is 0 Å². The quantitative estimate of drug-likeness (QED) is 0.656. The average molecular weight is 310 g/mol. The van der Waals surface area contributed by atoms with Crippen LogP contribution >= 0.6 is 0 Å². The van der Waals surface area contributed by atoms with E-state index in [9.17, 15) is 0 Å². The van der Waals surface area contributed by atoms with Crippen molar-refractivity contribution in [3.05, 3.63) is 102 Å². The number of fused-ring (bicyclic) bond motifs is 1. The zero-order chi connectivity index (χ0) is 16.2. The third kappa shape index (κ3) is 3.11. The zero-order valence-electron chi connectivity index (χ0n) is 13.5. The Kier molecular flexibility index (Phi) is 4.15. The van der Waals surface area contributed by atoms with Gasteiger partial charge >= 0.3 is 0 Å². The van der Waals surface area contributed by atoms with Crippen LogP contribution in [0.5, 0.6) is 0 Å². The Morgan fingerprint density at radius 1 is 0.750 bits per heavy atom. The number of rotatable bonds is 4. The van der Waals surface area contributed by atoms with Crippen molar-refractivity contribution in [1.29, 1.82) is 0 Å². The van der Waals surface area contributed by atoms with Gasteiger partial charge in [0.25, 0.3) is 0 Å². The van der Waals surface area contributed by atoms with Gasteiger partial charge in [0.15, 0.2) is 0 Å². The van der Waals surface area contributed by atoms with E-state index in [-0.39, 0.29) is 0 Å². The van der Waals surface area contributed by atoms with Crippen molar-refractivity contribution in [3.8, 4) is 0 Å². The van der Waals surface area contributed by atoms with Gasteiger partial charge in [0, 0.05) is 12.4 Å². The van der Waals surface area contributed by atoms with Crippen molar-refractivity contribution in [1.82, 2.24) is 4.81 Å². The minimum absolute atomic E-state index is 0.337. The smallest absolute Gasteiger partial charge is 0.249 e. The minimum Gasteiger partial charge on any atom is -0.404 e. The molecule has 1 aliphatic rings. The van der Waals surface area contributed by atoms with E-state index in [0.717, 1.165) is 19.6 Å². The maximum Gasteiger partial charge on any atom is 0.249 e. The first-order valence-electron chi connectivity index (χ1n) is 8.36. The van der Waals surface area contributed by atoms with E-state index in [0.29, 0.717) is 5.82 Å². The number of nitrogens with zero attached hydrogens (tertiary/aromatic N) is 2. The van der Waals surface area contributed by atoms with Crippen LogP contribution in [0.4, 0.5) is 5.69 Å². The van der Waals surface area contributed by atoms with Gasteiger partial charge in [-0.1, -0.05) is 78.9 Å². The first-order chi connectivity index (χ1) is 11.9. The molecule has 3 heteroatoms. The van der Waals surface area contributed by atoms with E-state index in [1.165, 1.54) is 16.7 Å². The molecule has 4 rings (SSSR count). The summed E-state index contributed by atoms with van der Waals surface area (Å²) in [5.41, 5.74) is 5.07. The van der Waals surface area contributed by atoms with Crippen molar-refractivity contribution in [2.45, 2.75) is 12.4 Å². The van der Waals surface area contributed by atoms with Crippen LogP contribution in [0.15, 0.2) is 89.9 Å². The normalized spacial score (nSPS) is 13.0. The molecular formula is C21H19BN2. The number of benzene rings is 3. The van der Waals surface area contributed by atoms with Crippen molar-refractivity contribution in [2.24, 2.45) is 4.99 Å². The molecule has 0 fully saturated rings. The highest BCUT2D eigenvalue weighted by Crippen LogP contribution is 2.27. The third-order valence-corrected chi connectivity index (χ3v) is 4.55. The summed E-state index contributed by atoms with van der Waals surface area (Å²) < 4.78 is 0. The number of aliphatic imine (C=N–C) groups is 1. The molecule has 0 amide bonds. The Balaban J connectivity index is 1.62. The van der Waals surface area contributed by atoms with Crippen LogP contribution < -0.4 is 0 Å². The Morgan fingerprint density at radius 2 is 1.33 bits per heavy atom. The Morgan fingerprint density at radius 3 is 2.00 bits per heavy atom. The lowest BCUT2D eigenvalue weighted by atomic mass is 9.66. The van der Waals surface area contributed by atoms with Gasteiger partial charge in [-0.15, -0.1) is 0 Å². The van der Waals surface area contributed by atoms with Gasteiger partial charge < -0.3 is 4.81 Å². The highest BCUT2D eigenvalue weighted by molar-refractivity contribution is 6.39. The highest BCUT2D eigenvalue weighted by Gasteiger charge is 2.21. The average Bonchev–Trinajstić information content (AvgIpc) is 2.67. The van der Waals surface area contributed by atoms with E-state index in [1.807, 2.05) is 12.4 Å². The number of hydrogen-bond acceptors (Lipinski definition) is 2. The predicted octanol–water partition coefficient (Wildman–Crippen LogP) is 4.30. The van der Waals surface area contributed by atoms with E-state index in [2.05, 4.69) is 88.7 Å². The molecule has 116 valence electrons. The molecule has 1 aliphatic heterocycles. The second-order valence-electron chi connectivity index (χ2n) is 6.18. The lowest BCUT2D eigenvalue weighted by Gasteiger charge is -2.28. The van der Waals surface area contributed by atoms with Crippen LogP contribution in [0.25, 0.3) is 0 Å². The second-order valence-corrected chi connectivity index (χ2v) is 6.18. The Bertz CT molecular complexity index is 791. The zero-order valence-corrected chi connectivity index (χ0v) is 13.5. The van der Waals surface area contributed by atoms with Gasteiger partial charge in [-0.2, -0.15) is 0 Å². The molecule has 0 saturated carbocycles. The predicted molar refractivity (Wildman–Crippen MR) is 102 cm³/mol. The van der Waals surface area contributed by atoms with E-state index < -0.39 is 0 Å². The summed E-state index contributed by atoms with van der Waals surface area (Å²) in [6, 6.07) is 29.8. The molecule has 1 heterocycles. The third-order valence-electron chi connectivity index (χ3n) is 4.55. The standard InChI is InChI=1S/C21H19BN2/c1-3-9-17(10-4-1)21(18-11-5-2-6-12-18)22-24-15-19-13-7-8-14-20(19)23-16-24/h1-14,16,21-22H,15H2. The van der Waals surface area contributed by atoms with Crippen molar-refractivity contribution < 1.29 is 0 Å². The molecule has 3 aromatic carbocycles. The summed E-state index contributed by atoms with van der Waals surface area (Å²) in [4.78, 5) is 6.93. The summed E-state index contributed by atoms with van der Waals surface area (Å²) in [6.07, 6.45) is 1.99. The summed E-state index contributed by atoms with van der Waals surface area (Å²) in [5, 5.41) is 0. The molecule has 0 saturated heterocycles. The maximum atomic E-state index is 4.62. The Labute approximate surface area is 143 Å². The molecule has 0 radical (unpaired) electrons. The fraction of sp³-hybridized carbons (Fsp3) is 0.0952. The molecule has 0 N–H and O–H groups in total. The molecule has 0 aromatic heterocycles. The summed E-state index contributed by atoms with van der Waals surface area (Å²) in [5.74, 6) is 0.337. The van der Waals surface area contributed by atoms with Gasteiger partial charge in [0.2, 0.25) is 7.41 Å². The fourth-order valence-corrected chi connectivity index (χ4v) is 3.29. The second kappa shape index (κ2) is 6.75. The van der Waals surface area contributed by atoms with Gasteiger partial charge in [-0.05, 0) is 22.8 Å². The summed E-state index contributed by atoms with van der Waals surface area (Å²) in [7, 11) is 0.922. The topological polar surface area (TPSA) is 15.6 Å². The largest absolute Gasteiger partial charge is 0.404 e. The van der Waals surface area contributed by atoms with Crippen LogP contribution in [-0.2, 0) is 6.54 Å². The molecular weight excluding hydrogens is 291 g/mol. The lowest BCUT2D eigenvalue weighted by Crippen LogP contribution is -2.32. The molecule has 0 atom stereocenters. The molecule has 0 spiro atoms. The molecule has 3 aromatic rings. The molecule has 0 unspecified atom stereocenters. The molecule has 0 bridgehead atoms. The van der Waals surface area contributed by atoms with Gasteiger partial charge in [0.1, 0.15) is 0 Å². The number of hydrogen-bond donors (Lipinski definition) is 0. The summed E-state index contributed by atoms with van der Waals surface area (Å²) in [6.45, 7) is 0.913. The van der Waals surface area contributed by atoms with E-state index in [1.54, 1.807) is 0 Å². The SMILES string of the molecule is B(C(c1ccccc1)c1ccccc1)N1C=Nc2ccccc2C1.